The highest BCUT2D eigenvalue weighted by Crippen LogP contribution is 2.40. The Morgan fingerprint density at radius 2 is 0.707 bits per heavy atom. The summed E-state index contributed by atoms with van der Waals surface area (Å²) in [4.78, 5) is 9.88. The van der Waals surface area contributed by atoms with Gasteiger partial charge in [-0.3, -0.25) is 0 Å². The molecule has 8 nitrogen and oxygen atoms in total. The van der Waals surface area contributed by atoms with E-state index in [1.54, 1.807) is 24.3 Å². The Bertz CT molecular complexity index is 4460. The SMILES string of the molecule is N#Cc1cccc(-c2cc(-c3ccc(-c4ccc(-n5c6ccc(-n7c8ccccc8c8ccccc87)cc6c6cc(-n7c8ccccc8c8ccccc87)ccc65)cc4)c(C#N)c3)nc(-c3cccc(C#N)c3)n2)c1. The van der Waals surface area contributed by atoms with Crippen molar-refractivity contribution in [1.82, 2.24) is 23.7 Å². The summed E-state index contributed by atoms with van der Waals surface area (Å²) in [6.45, 7) is 0. The molecule has 0 spiro atoms. The molecule has 4 heterocycles. The van der Waals surface area contributed by atoms with E-state index in [1.165, 1.54) is 21.5 Å². The molecule has 0 unspecified atom stereocenters. The molecule has 0 radical (unpaired) electrons. The second-order valence-electron chi connectivity index (χ2n) is 18.7. The molecule has 0 aliphatic rings. The lowest BCUT2D eigenvalue weighted by Crippen LogP contribution is -1.97. The molecule has 0 atom stereocenters. The second-order valence-corrected chi connectivity index (χ2v) is 18.7. The number of fused-ring (bicyclic) bond motifs is 9. The van der Waals surface area contributed by atoms with E-state index in [9.17, 15) is 15.8 Å². The van der Waals surface area contributed by atoms with Crippen LogP contribution in [0.1, 0.15) is 16.7 Å². The molecule has 14 aromatic rings. The predicted molar refractivity (Wildman–Crippen MR) is 301 cm³/mol. The summed E-state index contributed by atoms with van der Waals surface area (Å²) in [6, 6.07) is 85.7. The molecule has 0 saturated heterocycles. The zero-order valence-corrected chi connectivity index (χ0v) is 40.0. The summed E-state index contributed by atoms with van der Waals surface area (Å²) >= 11 is 0. The minimum absolute atomic E-state index is 0.427. The summed E-state index contributed by atoms with van der Waals surface area (Å²) < 4.78 is 7.10. The van der Waals surface area contributed by atoms with Crippen molar-refractivity contribution < 1.29 is 0 Å². The predicted octanol–water partition coefficient (Wildman–Crippen LogP) is 16.1. The van der Waals surface area contributed by atoms with E-state index in [2.05, 4.69) is 190 Å². The highest BCUT2D eigenvalue weighted by Gasteiger charge is 2.20. The number of nitrogens with zero attached hydrogens (tertiary/aromatic N) is 8. The van der Waals surface area contributed by atoms with E-state index in [-0.39, 0.29) is 0 Å². The fourth-order valence-corrected chi connectivity index (χ4v) is 11.1. The Balaban J connectivity index is 0.901. The van der Waals surface area contributed by atoms with Gasteiger partial charge in [-0.25, -0.2) is 9.97 Å². The van der Waals surface area contributed by atoms with Gasteiger partial charge in [0.1, 0.15) is 0 Å². The minimum atomic E-state index is 0.427. The van der Waals surface area contributed by atoms with E-state index >= 15 is 0 Å². The van der Waals surface area contributed by atoms with Gasteiger partial charge in [0.2, 0.25) is 0 Å². The zero-order chi connectivity index (χ0) is 50.1. The van der Waals surface area contributed by atoms with Crippen LogP contribution in [0, 0.1) is 34.0 Å². The van der Waals surface area contributed by atoms with Crippen LogP contribution in [0.2, 0.25) is 0 Å². The number of benzene rings is 10. The normalized spacial score (nSPS) is 11.4. The summed E-state index contributed by atoms with van der Waals surface area (Å²) in [5.74, 6) is 0.427. The summed E-state index contributed by atoms with van der Waals surface area (Å²) in [7, 11) is 0. The van der Waals surface area contributed by atoms with Gasteiger partial charge >= 0.3 is 0 Å². The third-order valence-electron chi connectivity index (χ3n) is 14.5. The maximum atomic E-state index is 10.7. The van der Waals surface area contributed by atoms with Crippen LogP contribution in [0.25, 0.3) is 128 Å². The Kier molecular flexibility index (Phi) is 9.85. The van der Waals surface area contributed by atoms with E-state index in [1.807, 2.05) is 48.5 Å². The van der Waals surface area contributed by atoms with Crippen molar-refractivity contribution in [3.8, 4) is 80.3 Å². The molecule has 8 heteroatoms. The van der Waals surface area contributed by atoms with E-state index in [4.69, 9.17) is 9.97 Å². The fourth-order valence-electron chi connectivity index (χ4n) is 11.1. The Hall–Kier alpha value is -10.9. The monoisotopic (exact) mass is 954 g/mol. The zero-order valence-electron chi connectivity index (χ0n) is 40.0. The maximum Gasteiger partial charge on any atom is 0.160 e. The largest absolute Gasteiger partial charge is 0.309 e. The van der Waals surface area contributed by atoms with Crippen molar-refractivity contribution in [1.29, 1.82) is 15.8 Å². The lowest BCUT2D eigenvalue weighted by Gasteiger charge is -2.13. The van der Waals surface area contributed by atoms with Crippen LogP contribution in [0.4, 0.5) is 0 Å². The molecule has 346 valence electrons. The lowest BCUT2D eigenvalue weighted by molar-refractivity contribution is 1.16. The molecule has 0 amide bonds. The molecule has 75 heavy (non-hydrogen) atoms. The summed E-state index contributed by atoms with van der Waals surface area (Å²) in [5, 5.41) is 37.2. The fraction of sp³-hybridized carbons (Fsp3) is 0. The number of para-hydroxylation sites is 4. The number of aromatic nitrogens is 5. The smallest absolute Gasteiger partial charge is 0.160 e. The summed E-state index contributed by atoms with van der Waals surface area (Å²) in [5.41, 5.74) is 16.5. The number of hydrogen-bond acceptors (Lipinski definition) is 5. The summed E-state index contributed by atoms with van der Waals surface area (Å²) in [6.07, 6.45) is 0. The first-order chi connectivity index (χ1) is 37.0. The van der Waals surface area contributed by atoms with Gasteiger partial charge in [0.25, 0.3) is 0 Å². The first kappa shape index (κ1) is 43.0. The molecule has 14 rings (SSSR count). The average Bonchev–Trinajstić information content (AvgIpc) is 4.15. The van der Waals surface area contributed by atoms with Crippen molar-refractivity contribution >= 4 is 65.4 Å². The van der Waals surface area contributed by atoms with Crippen molar-refractivity contribution in [2.24, 2.45) is 0 Å². The third-order valence-corrected chi connectivity index (χ3v) is 14.5. The Labute approximate surface area is 430 Å². The Morgan fingerprint density at radius 1 is 0.293 bits per heavy atom. The Morgan fingerprint density at radius 3 is 1.20 bits per heavy atom. The number of rotatable bonds is 7. The quantitative estimate of drug-likeness (QED) is 0.158. The van der Waals surface area contributed by atoms with Crippen molar-refractivity contribution in [3.63, 3.8) is 0 Å². The second kappa shape index (κ2) is 17.2. The van der Waals surface area contributed by atoms with Crippen molar-refractivity contribution in [2.75, 3.05) is 0 Å². The van der Waals surface area contributed by atoms with Crippen LogP contribution < -0.4 is 0 Å². The van der Waals surface area contributed by atoms with Crippen LogP contribution in [0.3, 0.4) is 0 Å². The number of hydrogen-bond donors (Lipinski definition) is 0. The molecular weight excluding hydrogens is 917 g/mol. The van der Waals surface area contributed by atoms with E-state index in [0.29, 0.717) is 39.5 Å². The molecule has 0 fully saturated rings. The van der Waals surface area contributed by atoms with E-state index < -0.39 is 0 Å². The standard InChI is InChI=1S/C67H38N8/c68-39-42-11-9-13-45(33-42)59-38-60(72-67(71-59)47-14-10-12-43(34-47)40-69)46-25-30-52(48(35-46)41-70)44-23-26-49(27-24-44)73-65-31-28-50(74-61-19-5-1-15-53(61)54-16-2-6-20-62(54)74)36-57(65)58-37-51(29-32-66(58)73)75-63-21-7-3-17-55(63)56-18-4-8-22-64(56)75/h1-38H. The van der Waals surface area contributed by atoms with Gasteiger partial charge in [0.05, 0.1) is 79.4 Å². The van der Waals surface area contributed by atoms with Crippen LogP contribution >= 0.6 is 0 Å². The first-order valence-corrected chi connectivity index (χ1v) is 24.6. The molecule has 4 aromatic heterocycles. The van der Waals surface area contributed by atoms with E-state index in [0.717, 1.165) is 83.2 Å². The van der Waals surface area contributed by atoms with Crippen molar-refractivity contribution in [3.05, 3.63) is 247 Å². The highest BCUT2D eigenvalue weighted by atomic mass is 15.0. The van der Waals surface area contributed by atoms with Gasteiger partial charge in [-0.05, 0) is 120 Å². The highest BCUT2D eigenvalue weighted by molar-refractivity contribution is 6.14. The first-order valence-electron chi connectivity index (χ1n) is 24.6. The minimum Gasteiger partial charge on any atom is -0.309 e. The van der Waals surface area contributed by atoms with Gasteiger partial charge < -0.3 is 13.7 Å². The van der Waals surface area contributed by atoms with Gasteiger partial charge in [-0.1, -0.05) is 121 Å². The lowest BCUT2D eigenvalue weighted by atomic mass is 9.96. The molecule has 0 aliphatic carbocycles. The molecule has 0 aliphatic heterocycles. The molecule has 0 N–H and O–H groups in total. The average molecular weight is 955 g/mol. The van der Waals surface area contributed by atoms with Crippen LogP contribution in [-0.4, -0.2) is 23.7 Å². The number of nitriles is 3. The molecule has 10 aromatic carbocycles. The van der Waals surface area contributed by atoms with Crippen molar-refractivity contribution in [2.45, 2.75) is 0 Å². The molecule has 0 saturated carbocycles. The maximum absolute atomic E-state index is 10.7. The van der Waals surface area contributed by atoms with Gasteiger partial charge in [0, 0.05) is 66.1 Å². The molecule has 0 bridgehead atoms. The third kappa shape index (κ3) is 6.96. The topological polar surface area (TPSA) is 112 Å². The van der Waals surface area contributed by atoms with Crippen LogP contribution in [-0.2, 0) is 0 Å². The van der Waals surface area contributed by atoms with Crippen LogP contribution in [0.15, 0.2) is 231 Å². The van der Waals surface area contributed by atoms with Gasteiger partial charge in [-0.2, -0.15) is 15.8 Å². The van der Waals surface area contributed by atoms with Crippen LogP contribution in [0.5, 0.6) is 0 Å². The van der Waals surface area contributed by atoms with Gasteiger partial charge in [-0.15, -0.1) is 0 Å². The van der Waals surface area contributed by atoms with Gasteiger partial charge in [0.15, 0.2) is 5.82 Å². The molecular formula is C67H38N8.